The molecule has 1 fully saturated rings. The monoisotopic (exact) mass is 338 g/mol. The van der Waals surface area contributed by atoms with E-state index in [9.17, 15) is 5.11 Å². The molecule has 4 heteroatoms. The minimum atomic E-state index is 0.262. The lowest BCUT2D eigenvalue weighted by Crippen LogP contribution is -2.45. The molecule has 0 aliphatic carbocycles. The summed E-state index contributed by atoms with van der Waals surface area (Å²) < 4.78 is 5.19. The number of benzene rings is 2. The Kier molecular flexibility index (Phi) is 6.09. The van der Waals surface area contributed by atoms with E-state index in [0.717, 1.165) is 44.8 Å². The molecule has 1 aliphatic rings. The fourth-order valence-corrected chi connectivity index (χ4v) is 3.13. The second-order valence-electron chi connectivity index (χ2n) is 6.36. The van der Waals surface area contributed by atoms with Crippen LogP contribution in [0.15, 0.2) is 54.6 Å². The Morgan fingerprint density at radius 2 is 1.68 bits per heavy atom. The Labute approximate surface area is 150 Å². The van der Waals surface area contributed by atoms with Gasteiger partial charge in [0.1, 0.15) is 0 Å². The van der Waals surface area contributed by atoms with Crippen LogP contribution in [0.5, 0.6) is 11.5 Å². The molecule has 0 unspecified atom stereocenters. The lowest BCUT2D eigenvalue weighted by molar-refractivity contribution is 0.136. The molecule has 3 rings (SSSR count). The van der Waals surface area contributed by atoms with E-state index in [1.807, 2.05) is 18.2 Å². The van der Waals surface area contributed by atoms with E-state index in [2.05, 4.69) is 46.2 Å². The van der Waals surface area contributed by atoms with Crippen LogP contribution in [-0.4, -0.2) is 54.7 Å². The molecule has 0 radical (unpaired) electrons. The van der Waals surface area contributed by atoms with Gasteiger partial charge in [-0.15, -0.1) is 0 Å². The molecule has 1 aliphatic heterocycles. The minimum Gasteiger partial charge on any atom is -0.504 e. The molecule has 0 spiro atoms. The highest BCUT2D eigenvalue weighted by Crippen LogP contribution is 2.30. The van der Waals surface area contributed by atoms with Crippen LogP contribution in [0, 0.1) is 0 Å². The Balaban J connectivity index is 1.47. The van der Waals surface area contributed by atoms with Crippen molar-refractivity contribution in [1.82, 2.24) is 9.80 Å². The van der Waals surface area contributed by atoms with Crippen molar-refractivity contribution in [3.8, 4) is 11.5 Å². The van der Waals surface area contributed by atoms with E-state index in [-0.39, 0.29) is 5.75 Å². The molecule has 2 aromatic carbocycles. The van der Waals surface area contributed by atoms with Gasteiger partial charge in [0.15, 0.2) is 11.5 Å². The highest BCUT2D eigenvalue weighted by Gasteiger charge is 2.18. The molecular weight excluding hydrogens is 312 g/mol. The van der Waals surface area contributed by atoms with Crippen LogP contribution in [0.4, 0.5) is 0 Å². The van der Waals surface area contributed by atoms with Crippen LogP contribution in [0.3, 0.4) is 0 Å². The minimum absolute atomic E-state index is 0.262. The number of nitrogens with zero attached hydrogens (tertiary/aromatic N) is 2. The summed E-state index contributed by atoms with van der Waals surface area (Å²) in [6.45, 7) is 5.85. The predicted octanol–water partition coefficient (Wildman–Crippen LogP) is 3.23. The quantitative estimate of drug-likeness (QED) is 0.877. The van der Waals surface area contributed by atoms with Crippen molar-refractivity contribution in [3.05, 3.63) is 65.7 Å². The summed E-state index contributed by atoms with van der Waals surface area (Å²) in [6.07, 6.45) is 4.42. The number of aromatic hydroxyl groups is 1. The Bertz CT molecular complexity index is 692. The van der Waals surface area contributed by atoms with E-state index in [4.69, 9.17) is 4.74 Å². The van der Waals surface area contributed by atoms with Gasteiger partial charge >= 0.3 is 0 Å². The maximum absolute atomic E-state index is 10.2. The van der Waals surface area contributed by atoms with E-state index in [0.29, 0.717) is 5.75 Å². The first-order valence-electron chi connectivity index (χ1n) is 8.77. The van der Waals surface area contributed by atoms with E-state index in [1.165, 1.54) is 5.56 Å². The van der Waals surface area contributed by atoms with E-state index >= 15 is 0 Å². The number of rotatable bonds is 6. The van der Waals surface area contributed by atoms with Gasteiger partial charge in [-0.25, -0.2) is 0 Å². The Morgan fingerprint density at radius 1 is 0.960 bits per heavy atom. The lowest BCUT2D eigenvalue weighted by atomic mass is 10.1. The molecule has 0 atom stereocenters. The number of methoxy groups -OCH3 is 1. The molecule has 2 aromatic rings. The molecule has 132 valence electrons. The smallest absolute Gasteiger partial charge is 0.162 e. The van der Waals surface area contributed by atoms with Crippen LogP contribution in [0.2, 0.25) is 0 Å². The summed E-state index contributed by atoms with van der Waals surface area (Å²) in [4.78, 5) is 4.84. The SMILES string of the molecule is COc1cccc(CN2CCN(CC=Cc3ccccc3)CC2)c1O. The van der Waals surface area contributed by atoms with Crippen molar-refractivity contribution < 1.29 is 9.84 Å². The van der Waals surface area contributed by atoms with Gasteiger partial charge in [0.05, 0.1) is 7.11 Å². The molecular formula is C21H26N2O2. The third-order valence-electron chi connectivity index (χ3n) is 4.63. The number of phenols is 1. The fourth-order valence-electron chi connectivity index (χ4n) is 3.13. The third kappa shape index (κ3) is 4.84. The van der Waals surface area contributed by atoms with Crippen LogP contribution in [-0.2, 0) is 6.54 Å². The Morgan fingerprint density at radius 3 is 2.40 bits per heavy atom. The van der Waals surface area contributed by atoms with Gasteiger partial charge < -0.3 is 9.84 Å². The summed E-state index contributed by atoms with van der Waals surface area (Å²) >= 11 is 0. The highest BCUT2D eigenvalue weighted by molar-refractivity contribution is 5.48. The van der Waals surface area contributed by atoms with Gasteiger partial charge in [0, 0.05) is 44.8 Å². The molecule has 4 nitrogen and oxygen atoms in total. The average Bonchev–Trinajstić information content (AvgIpc) is 2.66. The molecule has 0 bridgehead atoms. The fraction of sp³-hybridized carbons (Fsp3) is 0.333. The van der Waals surface area contributed by atoms with Crippen molar-refractivity contribution >= 4 is 6.08 Å². The van der Waals surface area contributed by atoms with Gasteiger partial charge in [0.25, 0.3) is 0 Å². The zero-order chi connectivity index (χ0) is 17.5. The average molecular weight is 338 g/mol. The molecule has 0 saturated carbocycles. The number of hydrogen-bond acceptors (Lipinski definition) is 4. The predicted molar refractivity (Wildman–Crippen MR) is 102 cm³/mol. The Hall–Kier alpha value is -2.30. The van der Waals surface area contributed by atoms with Crippen molar-refractivity contribution in [2.24, 2.45) is 0 Å². The zero-order valence-electron chi connectivity index (χ0n) is 14.8. The van der Waals surface area contributed by atoms with Crippen LogP contribution >= 0.6 is 0 Å². The van der Waals surface area contributed by atoms with Crippen LogP contribution in [0.25, 0.3) is 6.08 Å². The first-order valence-corrected chi connectivity index (χ1v) is 8.77. The first-order chi connectivity index (χ1) is 12.3. The first kappa shape index (κ1) is 17.5. The third-order valence-corrected chi connectivity index (χ3v) is 4.63. The molecule has 0 aromatic heterocycles. The number of ether oxygens (including phenoxy) is 1. The summed E-state index contributed by atoms with van der Waals surface area (Å²) in [5, 5.41) is 10.2. The number of piperazine rings is 1. The summed E-state index contributed by atoms with van der Waals surface area (Å²) in [7, 11) is 1.58. The van der Waals surface area contributed by atoms with Gasteiger partial charge in [-0.3, -0.25) is 9.80 Å². The normalized spacial score (nSPS) is 16.4. The molecule has 1 heterocycles. The van der Waals surface area contributed by atoms with Crippen LogP contribution in [0.1, 0.15) is 11.1 Å². The van der Waals surface area contributed by atoms with Crippen LogP contribution < -0.4 is 4.74 Å². The summed E-state index contributed by atoms with van der Waals surface area (Å²) in [5.74, 6) is 0.806. The molecule has 25 heavy (non-hydrogen) atoms. The highest BCUT2D eigenvalue weighted by atomic mass is 16.5. The zero-order valence-corrected chi connectivity index (χ0v) is 14.8. The largest absolute Gasteiger partial charge is 0.504 e. The van der Waals surface area contributed by atoms with Crippen molar-refractivity contribution in [2.45, 2.75) is 6.54 Å². The van der Waals surface area contributed by atoms with Gasteiger partial charge in [-0.2, -0.15) is 0 Å². The van der Waals surface area contributed by atoms with Crippen molar-refractivity contribution in [1.29, 1.82) is 0 Å². The molecule has 1 N–H and O–H groups in total. The van der Waals surface area contributed by atoms with Gasteiger partial charge in [-0.05, 0) is 11.6 Å². The van der Waals surface area contributed by atoms with Crippen molar-refractivity contribution in [2.75, 3.05) is 39.8 Å². The maximum atomic E-state index is 10.2. The van der Waals surface area contributed by atoms with Gasteiger partial charge in [0.2, 0.25) is 0 Å². The van der Waals surface area contributed by atoms with Crippen molar-refractivity contribution in [3.63, 3.8) is 0 Å². The molecule has 0 amide bonds. The number of phenolic OH excluding ortho intramolecular Hbond substituents is 1. The standard InChI is InChI=1S/C21H26N2O2/c1-25-20-11-5-10-19(21(20)24)17-23-15-13-22(14-16-23)12-6-9-18-7-3-2-4-8-18/h2-11,24H,12-17H2,1H3. The van der Waals surface area contributed by atoms with E-state index in [1.54, 1.807) is 13.2 Å². The topological polar surface area (TPSA) is 35.9 Å². The summed E-state index contributed by atoms with van der Waals surface area (Å²) in [6, 6.07) is 16.1. The maximum Gasteiger partial charge on any atom is 0.162 e. The lowest BCUT2D eigenvalue weighted by Gasteiger charge is -2.34. The second-order valence-corrected chi connectivity index (χ2v) is 6.36. The summed E-state index contributed by atoms with van der Waals surface area (Å²) in [5.41, 5.74) is 2.17. The van der Waals surface area contributed by atoms with Gasteiger partial charge in [-0.1, -0.05) is 54.6 Å². The number of para-hydroxylation sites is 1. The van der Waals surface area contributed by atoms with E-state index < -0.39 is 0 Å². The number of hydrogen-bond donors (Lipinski definition) is 1. The second kappa shape index (κ2) is 8.70. The molecule has 1 saturated heterocycles.